The van der Waals surface area contributed by atoms with E-state index in [-0.39, 0.29) is 17.1 Å². The third-order valence-corrected chi connectivity index (χ3v) is 4.71. The third kappa shape index (κ3) is 3.69. The number of nitrogens with zero attached hydrogens (tertiary/aromatic N) is 1. The minimum absolute atomic E-state index is 0.0966. The number of H-pyrrole nitrogens is 1. The molecule has 0 aliphatic rings. The molecular weight excluding hydrogens is 392 g/mol. The Kier molecular flexibility index (Phi) is 5.72. The summed E-state index contributed by atoms with van der Waals surface area (Å²) in [6.45, 7) is 3.18. The van der Waals surface area contributed by atoms with Gasteiger partial charge in [-0.25, -0.2) is 4.79 Å². The molecule has 1 N–H and O–H groups in total. The Balaban J connectivity index is 1.92. The van der Waals surface area contributed by atoms with Gasteiger partial charge in [0.25, 0.3) is 5.69 Å². The topological polar surface area (TPSA) is 121 Å². The zero-order valence-electron chi connectivity index (χ0n) is 16.8. The van der Waals surface area contributed by atoms with Gasteiger partial charge in [-0.2, -0.15) is 0 Å². The smallest absolute Gasteiger partial charge is 0.346 e. The first kappa shape index (κ1) is 20.8. The number of Topliss-reactive ketones (excluding diaryl/α,β-unsaturated/α-hetero) is 1. The van der Waals surface area contributed by atoms with E-state index in [1.807, 2.05) is 12.1 Å². The quantitative estimate of drug-likeness (QED) is 0.271. The summed E-state index contributed by atoms with van der Waals surface area (Å²) in [5.74, 6) is -1.21. The van der Waals surface area contributed by atoms with Crippen LogP contribution in [0.1, 0.15) is 33.3 Å². The first-order chi connectivity index (χ1) is 14.3. The molecule has 0 aliphatic heterocycles. The van der Waals surface area contributed by atoms with Gasteiger partial charge in [-0.05, 0) is 19.9 Å². The predicted octanol–water partition coefficient (Wildman–Crippen LogP) is 3.83. The van der Waals surface area contributed by atoms with E-state index in [4.69, 9.17) is 14.2 Å². The van der Waals surface area contributed by atoms with Crippen molar-refractivity contribution in [3.8, 4) is 11.5 Å². The molecule has 0 bridgehead atoms. The predicted molar refractivity (Wildman–Crippen MR) is 108 cm³/mol. The number of esters is 1. The summed E-state index contributed by atoms with van der Waals surface area (Å²) in [7, 11) is 2.66. The van der Waals surface area contributed by atoms with E-state index in [0.29, 0.717) is 16.6 Å². The number of ketones is 1. The number of aromatic amines is 1. The first-order valence-electron chi connectivity index (χ1n) is 9.01. The standard InChI is InChI=1S/C21H20N2O7/c1-11-19(13-7-5-6-8-15(13)22-11)20(24)12(2)30-21(25)14-9-17(28-3)18(29-4)10-16(14)23(26)27/h5-10,12,22H,1-4H3/t12-/m0/s1. The molecule has 0 radical (unpaired) electrons. The third-order valence-electron chi connectivity index (χ3n) is 4.71. The van der Waals surface area contributed by atoms with E-state index in [9.17, 15) is 19.7 Å². The summed E-state index contributed by atoms with van der Waals surface area (Å²) in [6, 6.07) is 9.50. The monoisotopic (exact) mass is 412 g/mol. The highest BCUT2D eigenvalue weighted by Gasteiger charge is 2.30. The Morgan fingerprint density at radius 3 is 2.37 bits per heavy atom. The highest BCUT2D eigenvalue weighted by molar-refractivity contribution is 6.12. The lowest BCUT2D eigenvalue weighted by molar-refractivity contribution is -0.385. The summed E-state index contributed by atoms with van der Waals surface area (Å²) in [5, 5.41) is 12.1. The van der Waals surface area contributed by atoms with Crippen LogP contribution in [0.4, 0.5) is 5.69 Å². The molecule has 0 aliphatic carbocycles. The van der Waals surface area contributed by atoms with E-state index in [0.717, 1.165) is 17.6 Å². The lowest BCUT2D eigenvalue weighted by Crippen LogP contribution is -2.25. The number of rotatable bonds is 7. The van der Waals surface area contributed by atoms with Gasteiger partial charge in [0.1, 0.15) is 5.56 Å². The number of para-hydroxylation sites is 1. The van der Waals surface area contributed by atoms with Crippen molar-refractivity contribution in [3.63, 3.8) is 0 Å². The second kappa shape index (κ2) is 8.24. The Bertz CT molecular complexity index is 1150. The van der Waals surface area contributed by atoms with Gasteiger partial charge < -0.3 is 19.2 Å². The summed E-state index contributed by atoms with van der Waals surface area (Å²) in [6.07, 6.45) is -1.16. The molecular formula is C21H20N2O7. The van der Waals surface area contributed by atoms with Gasteiger partial charge in [0.15, 0.2) is 17.6 Å². The van der Waals surface area contributed by atoms with E-state index < -0.39 is 28.5 Å². The van der Waals surface area contributed by atoms with Crippen molar-refractivity contribution in [2.24, 2.45) is 0 Å². The number of carbonyl (C=O) groups is 2. The van der Waals surface area contributed by atoms with Crippen molar-refractivity contribution in [3.05, 3.63) is 63.3 Å². The number of nitro groups is 1. The van der Waals surface area contributed by atoms with Crippen LogP contribution in [0.15, 0.2) is 36.4 Å². The van der Waals surface area contributed by atoms with Crippen molar-refractivity contribution in [1.29, 1.82) is 0 Å². The van der Waals surface area contributed by atoms with Crippen LogP contribution in [-0.2, 0) is 4.74 Å². The fraction of sp³-hybridized carbons (Fsp3) is 0.238. The maximum absolute atomic E-state index is 13.0. The number of nitro benzene ring substituents is 1. The SMILES string of the molecule is COc1cc(C(=O)O[C@@H](C)C(=O)c2c(C)[nH]c3ccccc23)c([N+](=O)[O-])cc1OC. The number of carbonyl (C=O) groups excluding carboxylic acids is 2. The maximum atomic E-state index is 13.0. The Labute approximate surface area is 171 Å². The molecule has 9 heteroatoms. The molecule has 2 aromatic carbocycles. The lowest BCUT2D eigenvalue weighted by atomic mass is 10.0. The second-order valence-electron chi connectivity index (χ2n) is 6.56. The molecule has 1 aromatic heterocycles. The van der Waals surface area contributed by atoms with Gasteiger partial charge in [-0.1, -0.05) is 18.2 Å². The molecule has 9 nitrogen and oxygen atoms in total. The number of nitrogens with one attached hydrogen (secondary N) is 1. The zero-order chi connectivity index (χ0) is 22.0. The minimum Gasteiger partial charge on any atom is -0.493 e. The van der Waals surface area contributed by atoms with Crippen LogP contribution in [0.5, 0.6) is 11.5 Å². The molecule has 0 spiro atoms. The van der Waals surface area contributed by atoms with Gasteiger partial charge >= 0.3 is 5.97 Å². The zero-order valence-corrected chi connectivity index (χ0v) is 16.8. The van der Waals surface area contributed by atoms with E-state index in [1.54, 1.807) is 19.1 Å². The van der Waals surface area contributed by atoms with E-state index in [2.05, 4.69) is 4.98 Å². The Hall–Kier alpha value is -3.88. The largest absolute Gasteiger partial charge is 0.493 e. The van der Waals surface area contributed by atoms with Crippen molar-refractivity contribution in [2.45, 2.75) is 20.0 Å². The van der Waals surface area contributed by atoms with Gasteiger partial charge in [-0.3, -0.25) is 14.9 Å². The summed E-state index contributed by atoms with van der Waals surface area (Å²) < 4.78 is 15.4. The van der Waals surface area contributed by atoms with Crippen LogP contribution in [0.2, 0.25) is 0 Å². The van der Waals surface area contributed by atoms with Crippen molar-refractivity contribution >= 4 is 28.3 Å². The van der Waals surface area contributed by atoms with Crippen LogP contribution < -0.4 is 9.47 Å². The number of methoxy groups -OCH3 is 2. The molecule has 1 heterocycles. The van der Waals surface area contributed by atoms with Crippen molar-refractivity contribution in [2.75, 3.05) is 14.2 Å². The fourth-order valence-corrected chi connectivity index (χ4v) is 3.26. The number of hydrogen-bond acceptors (Lipinski definition) is 7. The van der Waals surface area contributed by atoms with Crippen LogP contribution in [0.25, 0.3) is 10.9 Å². The summed E-state index contributed by atoms with van der Waals surface area (Å²) >= 11 is 0. The molecule has 0 fully saturated rings. The van der Waals surface area contributed by atoms with E-state index >= 15 is 0 Å². The maximum Gasteiger partial charge on any atom is 0.346 e. The molecule has 0 amide bonds. The second-order valence-corrected chi connectivity index (χ2v) is 6.56. The van der Waals surface area contributed by atoms with Crippen molar-refractivity contribution < 1.29 is 28.7 Å². The van der Waals surface area contributed by atoms with Crippen molar-refractivity contribution in [1.82, 2.24) is 4.98 Å². The number of hydrogen-bond donors (Lipinski definition) is 1. The Morgan fingerprint density at radius 1 is 1.10 bits per heavy atom. The molecule has 3 rings (SSSR count). The number of ether oxygens (including phenoxy) is 3. The molecule has 156 valence electrons. The molecule has 0 unspecified atom stereocenters. The minimum atomic E-state index is -1.16. The highest BCUT2D eigenvalue weighted by atomic mass is 16.6. The molecule has 3 aromatic rings. The number of aryl methyl sites for hydroxylation is 1. The highest BCUT2D eigenvalue weighted by Crippen LogP contribution is 2.35. The Morgan fingerprint density at radius 2 is 1.73 bits per heavy atom. The van der Waals surface area contributed by atoms with Crippen LogP contribution in [-0.4, -0.2) is 42.0 Å². The van der Waals surface area contributed by atoms with Gasteiger partial charge in [0.2, 0.25) is 5.78 Å². The van der Waals surface area contributed by atoms with Gasteiger partial charge in [0.05, 0.1) is 25.2 Å². The van der Waals surface area contributed by atoms with Crippen LogP contribution in [0, 0.1) is 17.0 Å². The van der Waals surface area contributed by atoms with Crippen LogP contribution in [0.3, 0.4) is 0 Å². The molecule has 1 atom stereocenters. The average Bonchev–Trinajstić information content (AvgIpc) is 3.07. The number of aromatic nitrogens is 1. The summed E-state index contributed by atoms with van der Waals surface area (Å²) in [5.41, 5.74) is 0.981. The van der Waals surface area contributed by atoms with Gasteiger partial charge in [0, 0.05) is 28.2 Å². The average molecular weight is 412 g/mol. The first-order valence-corrected chi connectivity index (χ1v) is 9.01. The number of benzene rings is 2. The summed E-state index contributed by atoms with van der Waals surface area (Å²) in [4.78, 5) is 39.5. The molecule has 0 saturated carbocycles. The van der Waals surface area contributed by atoms with Gasteiger partial charge in [-0.15, -0.1) is 0 Å². The molecule has 30 heavy (non-hydrogen) atoms. The fourth-order valence-electron chi connectivity index (χ4n) is 3.26. The van der Waals surface area contributed by atoms with Crippen LogP contribution >= 0.6 is 0 Å². The molecule has 0 saturated heterocycles. The number of fused-ring (bicyclic) bond motifs is 1. The lowest BCUT2D eigenvalue weighted by Gasteiger charge is -2.14. The normalized spacial score (nSPS) is 11.7. The van der Waals surface area contributed by atoms with E-state index in [1.165, 1.54) is 21.1 Å².